The Bertz CT molecular complexity index is 225. The van der Waals surface area contributed by atoms with Crippen molar-refractivity contribution in [3.63, 3.8) is 0 Å². The minimum Gasteiger partial charge on any atom is -0.391 e. The highest BCUT2D eigenvalue weighted by atomic mass is 16.3. The Labute approximate surface area is 103 Å². The van der Waals surface area contributed by atoms with Gasteiger partial charge in [0.05, 0.1) is 18.1 Å². The summed E-state index contributed by atoms with van der Waals surface area (Å²) in [4.78, 5) is 22.3. The lowest BCUT2D eigenvalue weighted by Gasteiger charge is -2.16. The van der Waals surface area contributed by atoms with Gasteiger partial charge in [0.2, 0.25) is 6.29 Å². The van der Waals surface area contributed by atoms with E-state index in [4.69, 9.17) is 5.11 Å². The van der Waals surface area contributed by atoms with Crippen molar-refractivity contribution in [3.05, 3.63) is 0 Å². The number of unbranched alkanes of at least 4 members (excludes halogenated alkanes) is 3. The summed E-state index contributed by atoms with van der Waals surface area (Å²) in [6.07, 6.45) is 3.94. The second kappa shape index (κ2) is 9.31. The second-order valence-electron chi connectivity index (χ2n) is 4.49. The van der Waals surface area contributed by atoms with Gasteiger partial charge in [0.25, 0.3) is 0 Å². The lowest BCUT2D eigenvalue weighted by molar-refractivity contribution is -0.122. The molecule has 3 atom stereocenters. The van der Waals surface area contributed by atoms with Crippen LogP contribution in [0.3, 0.4) is 0 Å². The molecule has 0 aromatic carbocycles. The number of ketones is 1. The van der Waals surface area contributed by atoms with Crippen molar-refractivity contribution in [2.24, 2.45) is 5.92 Å². The fraction of sp³-hybridized carbons (Fsp3) is 0.846. The zero-order valence-electron chi connectivity index (χ0n) is 10.7. The Morgan fingerprint density at radius 1 is 1.24 bits per heavy atom. The lowest BCUT2D eigenvalue weighted by Crippen LogP contribution is -2.29. The van der Waals surface area contributed by atoms with Crippen LogP contribution in [-0.2, 0) is 9.59 Å². The minimum atomic E-state index is -1.04. The van der Waals surface area contributed by atoms with Crippen LogP contribution in [-0.4, -0.2) is 34.5 Å². The molecule has 0 saturated heterocycles. The molecule has 4 heteroatoms. The van der Waals surface area contributed by atoms with Gasteiger partial charge >= 0.3 is 0 Å². The molecule has 0 amide bonds. The molecule has 0 bridgehead atoms. The summed E-state index contributed by atoms with van der Waals surface area (Å²) in [5.74, 6) is -1.09. The number of hydrogen-bond acceptors (Lipinski definition) is 4. The first kappa shape index (κ1) is 16.3. The maximum Gasteiger partial charge on any atom is 0.209 e. The van der Waals surface area contributed by atoms with Crippen LogP contribution in [0.2, 0.25) is 0 Å². The van der Waals surface area contributed by atoms with E-state index in [2.05, 4.69) is 6.92 Å². The molecule has 4 nitrogen and oxygen atoms in total. The molecule has 0 aromatic rings. The van der Waals surface area contributed by atoms with Gasteiger partial charge in [0, 0.05) is 6.42 Å². The van der Waals surface area contributed by atoms with Crippen molar-refractivity contribution in [1.29, 1.82) is 0 Å². The van der Waals surface area contributed by atoms with Crippen molar-refractivity contribution in [2.75, 3.05) is 0 Å². The van der Waals surface area contributed by atoms with Crippen LogP contribution >= 0.6 is 0 Å². The first-order chi connectivity index (χ1) is 8.02. The summed E-state index contributed by atoms with van der Waals surface area (Å²) in [6, 6.07) is 0. The predicted octanol–water partition coefficient (Wildman–Crippen LogP) is 1.38. The molecule has 0 aromatic heterocycles. The van der Waals surface area contributed by atoms with Gasteiger partial charge in [0.15, 0.2) is 0 Å². The van der Waals surface area contributed by atoms with Gasteiger partial charge < -0.3 is 10.2 Å². The normalized spacial score (nSPS) is 16.2. The van der Waals surface area contributed by atoms with E-state index in [-0.39, 0.29) is 12.2 Å². The highest BCUT2D eigenvalue weighted by molar-refractivity contribution is 5.93. The smallest absolute Gasteiger partial charge is 0.209 e. The molecule has 17 heavy (non-hydrogen) atoms. The molecule has 1 radical (unpaired) electrons. The van der Waals surface area contributed by atoms with Crippen LogP contribution in [0, 0.1) is 5.92 Å². The molecule has 0 spiro atoms. The molecule has 99 valence electrons. The summed E-state index contributed by atoms with van der Waals surface area (Å²) in [5, 5.41) is 18.5. The van der Waals surface area contributed by atoms with Gasteiger partial charge in [-0.2, -0.15) is 0 Å². The van der Waals surface area contributed by atoms with Crippen molar-refractivity contribution in [1.82, 2.24) is 0 Å². The third kappa shape index (κ3) is 7.23. The lowest BCUT2D eigenvalue weighted by atomic mass is 9.93. The molecule has 0 rings (SSSR count). The third-order valence-corrected chi connectivity index (χ3v) is 2.84. The molecule has 0 fully saturated rings. The summed E-state index contributed by atoms with van der Waals surface area (Å²) in [5.41, 5.74) is 0. The van der Waals surface area contributed by atoms with Gasteiger partial charge in [-0.05, 0) is 19.8 Å². The van der Waals surface area contributed by atoms with Crippen molar-refractivity contribution >= 4 is 12.1 Å². The average Bonchev–Trinajstić information content (AvgIpc) is 2.30. The molecule has 2 N–H and O–H groups in total. The van der Waals surface area contributed by atoms with E-state index < -0.39 is 18.1 Å². The molecule has 0 aliphatic rings. The fourth-order valence-corrected chi connectivity index (χ4v) is 1.58. The SMILES string of the molecule is CCCCCCC(=O)C([C]=O)CC(O)C(C)O. The predicted molar refractivity (Wildman–Crippen MR) is 65.3 cm³/mol. The van der Waals surface area contributed by atoms with Crippen LogP contribution in [0.25, 0.3) is 0 Å². The monoisotopic (exact) mass is 243 g/mol. The fourth-order valence-electron chi connectivity index (χ4n) is 1.58. The largest absolute Gasteiger partial charge is 0.391 e. The van der Waals surface area contributed by atoms with Crippen LogP contribution < -0.4 is 0 Å². The Balaban J connectivity index is 3.99. The quantitative estimate of drug-likeness (QED) is 0.449. The number of Topliss-reactive ketones (excluding diaryl/α,β-unsaturated/α-hetero) is 1. The van der Waals surface area contributed by atoms with E-state index in [0.717, 1.165) is 25.7 Å². The average molecular weight is 243 g/mol. The van der Waals surface area contributed by atoms with Crippen molar-refractivity contribution in [3.8, 4) is 0 Å². The Hall–Kier alpha value is -0.740. The molecule has 0 aliphatic heterocycles. The van der Waals surface area contributed by atoms with Gasteiger partial charge in [0.1, 0.15) is 5.78 Å². The zero-order valence-corrected chi connectivity index (χ0v) is 10.7. The van der Waals surface area contributed by atoms with Crippen molar-refractivity contribution in [2.45, 2.75) is 64.6 Å². The molecule has 0 heterocycles. The number of carbonyl (C=O) groups excluding carboxylic acids is 2. The Morgan fingerprint density at radius 3 is 2.35 bits per heavy atom. The van der Waals surface area contributed by atoms with Gasteiger partial charge in [-0.1, -0.05) is 26.2 Å². The Morgan fingerprint density at radius 2 is 1.88 bits per heavy atom. The van der Waals surface area contributed by atoms with Crippen LogP contribution in [0.15, 0.2) is 0 Å². The zero-order chi connectivity index (χ0) is 13.3. The number of carbonyl (C=O) groups is 1. The van der Waals surface area contributed by atoms with Gasteiger partial charge in [-0.15, -0.1) is 0 Å². The first-order valence-electron chi connectivity index (χ1n) is 6.29. The van der Waals surface area contributed by atoms with E-state index in [1.54, 1.807) is 6.29 Å². The molecular weight excluding hydrogens is 220 g/mol. The van der Waals surface area contributed by atoms with E-state index >= 15 is 0 Å². The maximum absolute atomic E-state index is 11.6. The third-order valence-electron chi connectivity index (χ3n) is 2.84. The molecule has 0 aliphatic carbocycles. The minimum absolute atomic E-state index is 0.0340. The number of aliphatic hydroxyl groups excluding tert-OH is 2. The highest BCUT2D eigenvalue weighted by Gasteiger charge is 2.23. The van der Waals surface area contributed by atoms with Gasteiger partial charge in [-0.3, -0.25) is 9.59 Å². The van der Waals surface area contributed by atoms with E-state index in [0.29, 0.717) is 6.42 Å². The summed E-state index contributed by atoms with van der Waals surface area (Å²) >= 11 is 0. The molecular formula is C13H23O4. The summed E-state index contributed by atoms with van der Waals surface area (Å²) < 4.78 is 0. The first-order valence-corrected chi connectivity index (χ1v) is 6.29. The van der Waals surface area contributed by atoms with Crippen LogP contribution in [0.1, 0.15) is 52.4 Å². The number of aliphatic hydroxyl groups is 2. The van der Waals surface area contributed by atoms with Gasteiger partial charge in [-0.25, -0.2) is 0 Å². The van der Waals surface area contributed by atoms with E-state index in [9.17, 15) is 14.7 Å². The summed E-state index contributed by atoms with van der Waals surface area (Å²) in [7, 11) is 0. The topological polar surface area (TPSA) is 74.6 Å². The second-order valence-corrected chi connectivity index (χ2v) is 4.49. The van der Waals surface area contributed by atoms with E-state index in [1.807, 2.05) is 0 Å². The van der Waals surface area contributed by atoms with E-state index in [1.165, 1.54) is 6.92 Å². The molecule has 3 unspecified atom stereocenters. The standard InChI is InChI=1S/C13H23O4/c1-3-4-5-6-7-12(16)11(9-14)8-13(17)10(2)15/h10-11,13,15,17H,3-8H2,1-2H3. The Kier molecular flexibility index (Phi) is 8.90. The van der Waals surface area contributed by atoms with Crippen molar-refractivity contribution < 1.29 is 19.8 Å². The molecule has 0 saturated carbocycles. The number of hydrogen-bond donors (Lipinski definition) is 2. The highest BCUT2D eigenvalue weighted by Crippen LogP contribution is 2.13. The van der Waals surface area contributed by atoms with Crippen LogP contribution in [0.4, 0.5) is 0 Å². The van der Waals surface area contributed by atoms with Crippen LogP contribution in [0.5, 0.6) is 0 Å². The maximum atomic E-state index is 11.6. The number of rotatable bonds is 10. The summed E-state index contributed by atoms with van der Waals surface area (Å²) in [6.45, 7) is 3.51.